The minimum absolute atomic E-state index is 0.0954. The lowest BCUT2D eigenvalue weighted by atomic mass is 10.1. The monoisotopic (exact) mass is 226 g/mol. The van der Waals surface area contributed by atoms with Crippen molar-refractivity contribution in [1.82, 2.24) is 5.32 Å². The molecular weight excluding hydrogens is 208 g/mol. The average molecular weight is 226 g/mol. The molecule has 0 spiro atoms. The van der Waals surface area contributed by atoms with Gasteiger partial charge in [-0.1, -0.05) is 12.8 Å². The summed E-state index contributed by atoms with van der Waals surface area (Å²) in [5.74, 6) is -0.0696. The van der Waals surface area contributed by atoms with Gasteiger partial charge in [-0.2, -0.15) is 0 Å². The molecule has 0 aromatic carbocycles. The van der Waals surface area contributed by atoms with Crippen molar-refractivity contribution >= 4 is 11.8 Å². The molecule has 5 heteroatoms. The number of ether oxygens (including phenoxy) is 1. The maximum absolute atomic E-state index is 11.8. The predicted octanol–water partition coefficient (Wildman–Crippen LogP) is -0.207. The van der Waals surface area contributed by atoms with Crippen LogP contribution in [0.1, 0.15) is 25.7 Å². The lowest BCUT2D eigenvalue weighted by Crippen LogP contribution is -2.47. The normalized spacial score (nSPS) is 26.4. The summed E-state index contributed by atoms with van der Waals surface area (Å²) in [6.45, 7) is 1.09. The van der Waals surface area contributed by atoms with Gasteiger partial charge in [0.2, 0.25) is 11.8 Å². The van der Waals surface area contributed by atoms with E-state index in [1.807, 2.05) is 0 Å². The number of carbonyl (C=O) groups excluding carboxylic acids is 2. The zero-order valence-electron chi connectivity index (χ0n) is 9.28. The minimum atomic E-state index is -0.499. The molecule has 1 heterocycles. The molecule has 16 heavy (non-hydrogen) atoms. The molecule has 3 N–H and O–H groups in total. The van der Waals surface area contributed by atoms with Crippen molar-refractivity contribution < 1.29 is 14.3 Å². The van der Waals surface area contributed by atoms with Crippen molar-refractivity contribution in [3.8, 4) is 0 Å². The third kappa shape index (κ3) is 2.95. The van der Waals surface area contributed by atoms with Gasteiger partial charge in [-0.25, -0.2) is 0 Å². The molecule has 5 nitrogen and oxygen atoms in total. The molecular formula is C11H18N2O3. The zero-order chi connectivity index (χ0) is 11.5. The SMILES string of the molecule is NC(=O)[C@H](CC1CC1)NC(=O)[C@@H]1CCOC1. The quantitative estimate of drug-likeness (QED) is 0.680. The van der Waals surface area contributed by atoms with E-state index in [0.717, 1.165) is 19.3 Å². The van der Waals surface area contributed by atoms with E-state index >= 15 is 0 Å². The summed E-state index contributed by atoms with van der Waals surface area (Å²) in [5, 5.41) is 2.74. The van der Waals surface area contributed by atoms with Crippen molar-refractivity contribution in [3.05, 3.63) is 0 Å². The molecule has 0 bridgehead atoms. The van der Waals surface area contributed by atoms with Crippen LogP contribution in [-0.2, 0) is 14.3 Å². The van der Waals surface area contributed by atoms with Crippen LogP contribution in [0.3, 0.4) is 0 Å². The van der Waals surface area contributed by atoms with E-state index in [4.69, 9.17) is 10.5 Å². The van der Waals surface area contributed by atoms with Crippen LogP contribution in [0.15, 0.2) is 0 Å². The second-order valence-electron chi connectivity index (χ2n) is 4.70. The van der Waals surface area contributed by atoms with Gasteiger partial charge in [-0.3, -0.25) is 9.59 Å². The Morgan fingerprint density at radius 3 is 2.62 bits per heavy atom. The van der Waals surface area contributed by atoms with Crippen LogP contribution in [0, 0.1) is 11.8 Å². The number of hydrogen-bond acceptors (Lipinski definition) is 3. The summed E-state index contributed by atoms with van der Waals surface area (Å²) in [4.78, 5) is 23.0. The van der Waals surface area contributed by atoms with Crippen molar-refractivity contribution in [2.75, 3.05) is 13.2 Å². The van der Waals surface area contributed by atoms with Crippen LogP contribution >= 0.6 is 0 Å². The van der Waals surface area contributed by atoms with Crippen molar-refractivity contribution in [3.63, 3.8) is 0 Å². The van der Waals surface area contributed by atoms with Gasteiger partial charge in [-0.15, -0.1) is 0 Å². The molecule has 0 aromatic heterocycles. The Balaban J connectivity index is 1.83. The van der Waals surface area contributed by atoms with E-state index in [-0.39, 0.29) is 11.8 Å². The average Bonchev–Trinajstić information content (AvgIpc) is 2.89. The van der Waals surface area contributed by atoms with E-state index in [1.54, 1.807) is 0 Å². The largest absolute Gasteiger partial charge is 0.381 e. The van der Waals surface area contributed by atoms with Crippen LogP contribution in [-0.4, -0.2) is 31.1 Å². The van der Waals surface area contributed by atoms with Crippen molar-refractivity contribution in [2.24, 2.45) is 17.6 Å². The first kappa shape index (κ1) is 11.4. The molecule has 2 fully saturated rings. The topological polar surface area (TPSA) is 81.4 Å². The summed E-state index contributed by atoms with van der Waals surface area (Å²) in [6.07, 6.45) is 3.72. The number of primary amides is 1. The maximum atomic E-state index is 11.8. The van der Waals surface area contributed by atoms with E-state index in [2.05, 4.69) is 5.32 Å². The highest BCUT2D eigenvalue weighted by Gasteiger charge is 2.31. The molecule has 2 atom stereocenters. The van der Waals surface area contributed by atoms with Gasteiger partial charge in [0.15, 0.2) is 0 Å². The van der Waals surface area contributed by atoms with E-state index in [0.29, 0.717) is 25.6 Å². The second-order valence-corrected chi connectivity index (χ2v) is 4.70. The van der Waals surface area contributed by atoms with Gasteiger partial charge in [0.25, 0.3) is 0 Å². The summed E-state index contributed by atoms with van der Waals surface area (Å²) in [7, 11) is 0. The molecule has 2 rings (SSSR count). The van der Waals surface area contributed by atoms with Gasteiger partial charge >= 0.3 is 0 Å². The third-order valence-corrected chi connectivity index (χ3v) is 3.23. The fraction of sp³-hybridized carbons (Fsp3) is 0.818. The molecule has 1 aliphatic heterocycles. The Morgan fingerprint density at radius 2 is 2.12 bits per heavy atom. The fourth-order valence-corrected chi connectivity index (χ4v) is 1.96. The van der Waals surface area contributed by atoms with Gasteiger partial charge in [0.1, 0.15) is 6.04 Å². The van der Waals surface area contributed by atoms with Gasteiger partial charge in [0.05, 0.1) is 12.5 Å². The minimum Gasteiger partial charge on any atom is -0.381 e. The lowest BCUT2D eigenvalue weighted by molar-refractivity contribution is -0.130. The second kappa shape index (κ2) is 4.82. The Hall–Kier alpha value is -1.10. The predicted molar refractivity (Wildman–Crippen MR) is 57.4 cm³/mol. The summed E-state index contributed by atoms with van der Waals surface area (Å²) < 4.78 is 5.14. The number of nitrogens with two attached hydrogens (primary N) is 1. The number of rotatable bonds is 5. The summed E-state index contributed by atoms with van der Waals surface area (Å²) in [6, 6.07) is -0.499. The van der Waals surface area contributed by atoms with E-state index < -0.39 is 11.9 Å². The van der Waals surface area contributed by atoms with E-state index in [1.165, 1.54) is 0 Å². The molecule has 0 aromatic rings. The Labute approximate surface area is 94.7 Å². The van der Waals surface area contributed by atoms with Crippen LogP contribution < -0.4 is 11.1 Å². The molecule has 90 valence electrons. The third-order valence-electron chi connectivity index (χ3n) is 3.23. The fourth-order valence-electron chi connectivity index (χ4n) is 1.96. The van der Waals surface area contributed by atoms with Gasteiger partial charge < -0.3 is 15.8 Å². The highest BCUT2D eigenvalue weighted by Crippen LogP contribution is 2.33. The zero-order valence-corrected chi connectivity index (χ0v) is 9.28. The first-order valence-corrected chi connectivity index (χ1v) is 5.84. The summed E-state index contributed by atoms with van der Waals surface area (Å²) >= 11 is 0. The number of carbonyl (C=O) groups is 2. The highest BCUT2D eigenvalue weighted by molar-refractivity contribution is 5.87. The highest BCUT2D eigenvalue weighted by atomic mass is 16.5. The Bertz CT molecular complexity index is 283. The molecule has 0 radical (unpaired) electrons. The van der Waals surface area contributed by atoms with Crippen molar-refractivity contribution in [1.29, 1.82) is 0 Å². The first-order valence-electron chi connectivity index (χ1n) is 5.84. The Morgan fingerprint density at radius 1 is 1.38 bits per heavy atom. The molecule has 2 amide bonds. The van der Waals surface area contributed by atoms with Crippen LogP contribution in [0.4, 0.5) is 0 Å². The van der Waals surface area contributed by atoms with Crippen LogP contribution in [0.5, 0.6) is 0 Å². The van der Waals surface area contributed by atoms with Crippen molar-refractivity contribution in [2.45, 2.75) is 31.7 Å². The number of hydrogen-bond donors (Lipinski definition) is 2. The van der Waals surface area contributed by atoms with Gasteiger partial charge in [-0.05, 0) is 18.8 Å². The first-order chi connectivity index (χ1) is 7.66. The molecule has 0 unspecified atom stereocenters. The van der Waals surface area contributed by atoms with Gasteiger partial charge in [0, 0.05) is 6.61 Å². The van der Waals surface area contributed by atoms with Crippen LogP contribution in [0.25, 0.3) is 0 Å². The standard InChI is InChI=1S/C11H18N2O3/c12-10(14)9(5-7-1-2-7)13-11(15)8-3-4-16-6-8/h7-9H,1-6H2,(H2,12,14)(H,13,15)/t8-,9+/m1/s1. The smallest absolute Gasteiger partial charge is 0.240 e. The number of nitrogens with one attached hydrogen (secondary N) is 1. The number of amides is 2. The Kier molecular flexibility index (Phi) is 3.43. The molecule has 1 saturated heterocycles. The maximum Gasteiger partial charge on any atom is 0.240 e. The summed E-state index contributed by atoms with van der Waals surface area (Å²) in [5.41, 5.74) is 5.27. The molecule has 1 saturated carbocycles. The molecule has 1 aliphatic carbocycles. The lowest BCUT2D eigenvalue weighted by Gasteiger charge is -2.17. The van der Waals surface area contributed by atoms with E-state index in [9.17, 15) is 9.59 Å². The molecule has 2 aliphatic rings. The van der Waals surface area contributed by atoms with Crippen LogP contribution in [0.2, 0.25) is 0 Å².